The van der Waals surface area contributed by atoms with Crippen LogP contribution < -0.4 is 0 Å². The van der Waals surface area contributed by atoms with Gasteiger partial charge >= 0.3 is 0 Å². The zero-order chi connectivity index (χ0) is 14.0. The van der Waals surface area contributed by atoms with Crippen LogP contribution >= 0.6 is 43.2 Å². The average Bonchev–Trinajstić information content (AvgIpc) is 2.74. The zero-order valence-corrected chi connectivity index (χ0v) is 14.0. The lowest BCUT2D eigenvalue weighted by atomic mass is 10.2. The Hall–Kier alpha value is -0.850. The molecule has 1 heterocycles. The Balaban J connectivity index is 2.14. The molecule has 0 aliphatic carbocycles. The molecule has 0 spiro atoms. The molecule has 100 valence electrons. The van der Waals surface area contributed by atoms with Crippen LogP contribution in [0, 0.1) is 0 Å². The van der Waals surface area contributed by atoms with Crippen molar-refractivity contribution in [3.05, 3.63) is 49.0 Å². The molecule has 1 aromatic carbocycles. The minimum absolute atomic E-state index is 0.0152. The van der Waals surface area contributed by atoms with E-state index in [0.29, 0.717) is 12.1 Å². The number of phenols is 1. The standard InChI is InChI=1S/C13H11Br2NO2S/c1-16(7-9-3-5-12(15)19-9)13(18)10-4-2-8(14)6-11(10)17/h2-6,17H,7H2,1H3. The number of hydrogen-bond donors (Lipinski definition) is 1. The van der Waals surface area contributed by atoms with Gasteiger partial charge < -0.3 is 10.0 Å². The van der Waals surface area contributed by atoms with Gasteiger partial charge in [0.2, 0.25) is 0 Å². The fourth-order valence-corrected chi connectivity index (χ4v) is 3.52. The number of hydrogen-bond acceptors (Lipinski definition) is 3. The molecule has 0 unspecified atom stereocenters. The van der Waals surface area contributed by atoms with Gasteiger partial charge in [-0.25, -0.2) is 0 Å². The monoisotopic (exact) mass is 403 g/mol. The number of phenolic OH excluding ortho intramolecular Hbond substituents is 1. The minimum Gasteiger partial charge on any atom is -0.507 e. The summed E-state index contributed by atoms with van der Waals surface area (Å²) in [5.74, 6) is -0.215. The molecule has 0 radical (unpaired) electrons. The Labute approximate surface area is 132 Å². The summed E-state index contributed by atoms with van der Waals surface area (Å²) in [6.07, 6.45) is 0. The largest absolute Gasteiger partial charge is 0.507 e. The lowest BCUT2D eigenvalue weighted by Gasteiger charge is -2.17. The molecular formula is C13H11Br2NO2S. The van der Waals surface area contributed by atoms with Crippen LogP contribution in [0.3, 0.4) is 0 Å². The van der Waals surface area contributed by atoms with Gasteiger partial charge in [0, 0.05) is 16.4 Å². The molecule has 0 aliphatic heterocycles. The molecule has 1 N–H and O–H groups in total. The number of amides is 1. The van der Waals surface area contributed by atoms with Crippen LogP contribution in [0.2, 0.25) is 0 Å². The highest BCUT2D eigenvalue weighted by Crippen LogP contribution is 2.26. The molecule has 0 aliphatic rings. The zero-order valence-electron chi connectivity index (χ0n) is 10.1. The van der Waals surface area contributed by atoms with Crippen LogP contribution in [0.4, 0.5) is 0 Å². The van der Waals surface area contributed by atoms with Crippen molar-refractivity contribution < 1.29 is 9.90 Å². The smallest absolute Gasteiger partial charge is 0.257 e. The third kappa shape index (κ3) is 3.58. The third-order valence-electron chi connectivity index (χ3n) is 2.56. The van der Waals surface area contributed by atoms with Crippen molar-refractivity contribution in [2.75, 3.05) is 7.05 Å². The van der Waals surface area contributed by atoms with Crippen LogP contribution in [-0.2, 0) is 6.54 Å². The van der Waals surface area contributed by atoms with Crippen molar-refractivity contribution in [2.45, 2.75) is 6.54 Å². The van der Waals surface area contributed by atoms with Gasteiger partial charge in [0.05, 0.1) is 15.9 Å². The molecule has 19 heavy (non-hydrogen) atoms. The van der Waals surface area contributed by atoms with Gasteiger partial charge in [-0.2, -0.15) is 0 Å². The molecule has 0 atom stereocenters. The first kappa shape index (κ1) is 14.6. The first-order valence-electron chi connectivity index (χ1n) is 5.45. The number of aromatic hydroxyl groups is 1. The molecule has 0 bridgehead atoms. The maximum Gasteiger partial charge on any atom is 0.257 e. The topological polar surface area (TPSA) is 40.5 Å². The quantitative estimate of drug-likeness (QED) is 0.830. The summed E-state index contributed by atoms with van der Waals surface area (Å²) in [6, 6.07) is 8.79. The highest BCUT2D eigenvalue weighted by atomic mass is 79.9. The van der Waals surface area contributed by atoms with E-state index >= 15 is 0 Å². The highest BCUT2D eigenvalue weighted by molar-refractivity contribution is 9.11. The summed E-state index contributed by atoms with van der Waals surface area (Å²) >= 11 is 8.23. The Kier molecular flexibility index (Phi) is 4.65. The van der Waals surface area contributed by atoms with E-state index in [2.05, 4.69) is 31.9 Å². The summed E-state index contributed by atoms with van der Waals surface area (Å²) in [6.45, 7) is 0.518. The number of thiophene rings is 1. The molecule has 0 saturated heterocycles. The van der Waals surface area contributed by atoms with Crippen molar-refractivity contribution in [3.8, 4) is 5.75 Å². The summed E-state index contributed by atoms with van der Waals surface area (Å²) in [4.78, 5) is 14.9. The molecule has 3 nitrogen and oxygen atoms in total. The van der Waals surface area contributed by atoms with E-state index in [9.17, 15) is 9.90 Å². The normalized spacial score (nSPS) is 10.5. The van der Waals surface area contributed by atoms with Crippen molar-refractivity contribution in [1.82, 2.24) is 4.90 Å². The second-order valence-corrected chi connectivity index (χ2v) is 7.49. The second-order valence-electron chi connectivity index (χ2n) is 4.03. The first-order valence-corrected chi connectivity index (χ1v) is 7.86. The first-order chi connectivity index (χ1) is 8.97. The molecule has 1 amide bonds. The number of carbonyl (C=O) groups excluding carboxylic acids is 1. The van der Waals surface area contributed by atoms with Gasteiger partial charge in [-0.05, 0) is 46.3 Å². The van der Waals surface area contributed by atoms with E-state index in [1.54, 1.807) is 35.4 Å². The van der Waals surface area contributed by atoms with Crippen LogP contribution in [0.25, 0.3) is 0 Å². The summed E-state index contributed by atoms with van der Waals surface area (Å²) in [5, 5.41) is 9.80. The van der Waals surface area contributed by atoms with Crippen LogP contribution in [0.5, 0.6) is 5.75 Å². The molecule has 1 aromatic heterocycles. The molecule has 2 rings (SSSR count). The number of nitrogens with zero attached hydrogens (tertiary/aromatic N) is 1. The van der Waals surface area contributed by atoms with Gasteiger partial charge in [-0.3, -0.25) is 4.79 Å². The van der Waals surface area contributed by atoms with Crippen molar-refractivity contribution in [3.63, 3.8) is 0 Å². The van der Waals surface area contributed by atoms with Crippen molar-refractivity contribution in [2.24, 2.45) is 0 Å². The number of halogens is 2. The number of carbonyl (C=O) groups is 1. The fourth-order valence-electron chi connectivity index (χ4n) is 1.63. The Bertz CT molecular complexity index is 612. The van der Waals surface area contributed by atoms with E-state index in [1.807, 2.05) is 12.1 Å². The summed E-state index contributed by atoms with van der Waals surface area (Å²) < 4.78 is 1.78. The van der Waals surface area contributed by atoms with Gasteiger partial charge in [0.1, 0.15) is 5.75 Å². The van der Waals surface area contributed by atoms with E-state index in [4.69, 9.17) is 0 Å². The number of benzene rings is 1. The Morgan fingerprint density at radius 3 is 2.63 bits per heavy atom. The van der Waals surface area contributed by atoms with Crippen LogP contribution in [0.15, 0.2) is 38.6 Å². The summed E-state index contributed by atoms with van der Waals surface area (Å²) in [5.41, 5.74) is 0.307. The lowest BCUT2D eigenvalue weighted by Crippen LogP contribution is -2.25. The minimum atomic E-state index is -0.200. The fraction of sp³-hybridized carbons (Fsp3) is 0.154. The van der Waals surface area contributed by atoms with Crippen molar-refractivity contribution >= 4 is 49.1 Å². The van der Waals surface area contributed by atoms with Gasteiger partial charge in [-0.15, -0.1) is 11.3 Å². The number of rotatable bonds is 3. The Morgan fingerprint density at radius 2 is 2.05 bits per heavy atom. The predicted molar refractivity (Wildman–Crippen MR) is 83.6 cm³/mol. The van der Waals surface area contributed by atoms with Crippen LogP contribution in [-0.4, -0.2) is 23.0 Å². The molecule has 0 fully saturated rings. The maximum absolute atomic E-state index is 12.2. The molecule has 2 aromatic rings. The van der Waals surface area contributed by atoms with E-state index in [-0.39, 0.29) is 11.7 Å². The molecule has 6 heteroatoms. The van der Waals surface area contributed by atoms with Crippen molar-refractivity contribution in [1.29, 1.82) is 0 Å². The second kappa shape index (κ2) is 6.07. The molecular weight excluding hydrogens is 394 g/mol. The highest BCUT2D eigenvalue weighted by Gasteiger charge is 2.16. The SMILES string of the molecule is CN(Cc1ccc(Br)s1)C(=O)c1ccc(Br)cc1O. The van der Waals surface area contributed by atoms with Gasteiger partial charge in [-0.1, -0.05) is 15.9 Å². The van der Waals surface area contributed by atoms with Crippen LogP contribution in [0.1, 0.15) is 15.2 Å². The average molecular weight is 405 g/mol. The summed E-state index contributed by atoms with van der Waals surface area (Å²) in [7, 11) is 1.72. The lowest BCUT2D eigenvalue weighted by molar-refractivity contribution is 0.0783. The van der Waals surface area contributed by atoms with E-state index < -0.39 is 0 Å². The molecule has 0 saturated carbocycles. The van der Waals surface area contributed by atoms with Gasteiger partial charge in [0.15, 0.2) is 0 Å². The third-order valence-corrected chi connectivity index (χ3v) is 4.66. The van der Waals surface area contributed by atoms with Gasteiger partial charge in [0.25, 0.3) is 5.91 Å². The maximum atomic E-state index is 12.2. The Morgan fingerprint density at radius 1 is 1.32 bits per heavy atom. The van der Waals surface area contributed by atoms with E-state index in [0.717, 1.165) is 13.1 Å². The van der Waals surface area contributed by atoms with E-state index in [1.165, 1.54) is 6.07 Å². The predicted octanol–water partition coefficient (Wildman–Crippen LogP) is 4.25.